The number of ether oxygens (including phenoxy) is 2. The summed E-state index contributed by atoms with van der Waals surface area (Å²) in [5, 5.41) is 10.6. The number of anilines is 1. The van der Waals surface area contributed by atoms with Gasteiger partial charge in [-0.15, -0.1) is 0 Å². The zero-order valence-corrected chi connectivity index (χ0v) is 19.9. The van der Waals surface area contributed by atoms with E-state index in [9.17, 15) is 14.7 Å². The summed E-state index contributed by atoms with van der Waals surface area (Å²) in [6, 6.07) is 0. The first kappa shape index (κ1) is 24.0. The highest BCUT2D eigenvalue weighted by atomic mass is 35.5. The number of halogens is 2. The zero-order chi connectivity index (χ0) is 22.7. The van der Waals surface area contributed by atoms with Gasteiger partial charge in [-0.2, -0.15) is 0 Å². The van der Waals surface area contributed by atoms with E-state index in [-0.39, 0.29) is 34.1 Å². The van der Waals surface area contributed by atoms with Crippen LogP contribution in [0.5, 0.6) is 0 Å². The van der Waals surface area contributed by atoms with E-state index in [0.29, 0.717) is 60.0 Å². The highest BCUT2D eigenvalue weighted by Crippen LogP contribution is 2.34. The molecule has 0 aliphatic carbocycles. The van der Waals surface area contributed by atoms with E-state index in [0.717, 1.165) is 11.3 Å². The number of nitrogens with zero attached hydrogens (tertiary/aromatic N) is 2. The highest BCUT2D eigenvalue weighted by Gasteiger charge is 2.34. The van der Waals surface area contributed by atoms with Gasteiger partial charge in [-0.1, -0.05) is 34.5 Å². The van der Waals surface area contributed by atoms with E-state index in [1.165, 1.54) is 0 Å². The summed E-state index contributed by atoms with van der Waals surface area (Å²) in [5.74, 6) is -1.12. The Morgan fingerprint density at radius 3 is 2.61 bits per heavy atom. The van der Waals surface area contributed by atoms with Gasteiger partial charge in [-0.3, -0.25) is 4.79 Å². The highest BCUT2D eigenvalue weighted by molar-refractivity contribution is 7.17. The number of aromatic nitrogens is 2. The van der Waals surface area contributed by atoms with Crippen molar-refractivity contribution in [3.63, 3.8) is 0 Å². The zero-order valence-electron chi connectivity index (χ0n) is 17.5. The number of hydrogen-bond donors (Lipinski definition) is 2. The number of carbonyl (C=O) groups is 2. The molecular weight excluding hydrogens is 465 g/mol. The summed E-state index contributed by atoms with van der Waals surface area (Å²) >= 11 is 13.5. The molecule has 31 heavy (non-hydrogen) atoms. The minimum absolute atomic E-state index is 0.0287. The van der Waals surface area contributed by atoms with Gasteiger partial charge in [0.15, 0.2) is 10.9 Å². The number of carboxylic acids is 1. The number of Topliss-reactive ketones (excluding diaryl/α,β-unsaturated/α-hetero) is 1. The van der Waals surface area contributed by atoms with Gasteiger partial charge in [-0.25, -0.2) is 9.78 Å². The van der Waals surface area contributed by atoms with Crippen molar-refractivity contribution in [2.24, 2.45) is 5.92 Å². The lowest BCUT2D eigenvalue weighted by molar-refractivity contribution is -0.0186. The first-order valence-corrected chi connectivity index (χ1v) is 11.4. The van der Waals surface area contributed by atoms with E-state index in [4.69, 9.17) is 32.7 Å². The fourth-order valence-corrected chi connectivity index (χ4v) is 5.04. The monoisotopic (exact) mass is 489 g/mol. The maximum atomic E-state index is 12.9. The molecule has 2 N–H and O–H groups in total. The minimum atomic E-state index is -0.980. The number of thiazole rings is 1. The predicted octanol–water partition coefficient (Wildman–Crippen LogP) is 4.22. The smallest absolute Gasteiger partial charge is 0.347 e. The fourth-order valence-electron chi connectivity index (χ4n) is 3.66. The Labute approximate surface area is 194 Å². The Morgan fingerprint density at radius 1 is 1.29 bits per heavy atom. The second kappa shape index (κ2) is 10.3. The Morgan fingerprint density at radius 2 is 2.03 bits per heavy atom. The Balaban J connectivity index is 1.74. The van der Waals surface area contributed by atoms with Crippen molar-refractivity contribution >= 4 is 51.4 Å². The number of hydrogen-bond acceptors (Lipinski definition) is 7. The number of aryl methyl sites for hydroxylation is 2. The second-order valence-electron chi connectivity index (χ2n) is 7.49. The van der Waals surface area contributed by atoms with Gasteiger partial charge in [-0.05, 0) is 26.2 Å². The molecule has 1 aliphatic heterocycles. The molecule has 2 atom stereocenters. The van der Waals surface area contributed by atoms with Crippen LogP contribution in [0.2, 0.25) is 10.0 Å². The van der Waals surface area contributed by atoms with Gasteiger partial charge >= 0.3 is 5.97 Å². The number of aromatic carboxylic acids is 1. The Kier molecular flexibility index (Phi) is 7.98. The van der Waals surface area contributed by atoms with Crippen LogP contribution in [-0.2, 0) is 9.47 Å². The fraction of sp³-hybridized carbons (Fsp3) is 0.550. The molecule has 0 saturated carbocycles. The molecular formula is C20H25Cl2N3O5S. The number of rotatable bonds is 9. The number of nitrogens with one attached hydrogen (secondary N) is 1. The van der Waals surface area contributed by atoms with Crippen molar-refractivity contribution < 1.29 is 24.2 Å². The van der Waals surface area contributed by atoms with Gasteiger partial charge < -0.3 is 24.5 Å². The molecule has 2 aromatic heterocycles. The lowest BCUT2D eigenvalue weighted by Crippen LogP contribution is -2.46. The van der Waals surface area contributed by atoms with Crippen LogP contribution < -0.4 is 4.90 Å². The summed E-state index contributed by atoms with van der Waals surface area (Å²) in [6.45, 7) is 5.44. The molecule has 1 aliphatic rings. The van der Waals surface area contributed by atoms with Crippen LogP contribution in [0.15, 0.2) is 0 Å². The minimum Gasteiger partial charge on any atom is -0.477 e. The summed E-state index contributed by atoms with van der Waals surface area (Å²) in [5.41, 5.74) is 1.48. The molecule has 3 rings (SSSR count). The normalized spacial score (nSPS) is 19.1. The van der Waals surface area contributed by atoms with Crippen molar-refractivity contribution in [1.29, 1.82) is 0 Å². The number of piperidine rings is 1. The van der Waals surface area contributed by atoms with Crippen LogP contribution in [0.3, 0.4) is 0 Å². The third-order valence-corrected chi connectivity index (χ3v) is 7.50. The van der Waals surface area contributed by atoms with Gasteiger partial charge in [0, 0.05) is 32.3 Å². The quantitative estimate of drug-likeness (QED) is 0.401. The van der Waals surface area contributed by atoms with Gasteiger partial charge in [0.1, 0.15) is 10.6 Å². The van der Waals surface area contributed by atoms with Crippen LogP contribution >= 0.6 is 34.5 Å². The molecule has 1 saturated heterocycles. The molecule has 1 fully saturated rings. The Hall–Kier alpha value is -1.65. The van der Waals surface area contributed by atoms with Crippen molar-refractivity contribution in [2.75, 3.05) is 38.3 Å². The summed E-state index contributed by atoms with van der Waals surface area (Å²) in [6.07, 6.45) is 0.712. The van der Waals surface area contributed by atoms with Crippen LogP contribution in [0.4, 0.5) is 5.13 Å². The molecule has 8 nitrogen and oxygen atoms in total. The van der Waals surface area contributed by atoms with E-state index in [2.05, 4.69) is 9.97 Å². The van der Waals surface area contributed by atoms with Gasteiger partial charge in [0.2, 0.25) is 0 Å². The molecule has 0 amide bonds. The third-order valence-electron chi connectivity index (χ3n) is 5.35. The number of carbonyl (C=O) groups excluding carboxylic acids is 1. The Bertz CT molecular complexity index is 961. The molecule has 170 valence electrons. The van der Waals surface area contributed by atoms with E-state index in [1.807, 2.05) is 4.90 Å². The average molecular weight is 490 g/mol. The van der Waals surface area contributed by atoms with Gasteiger partial charge in [0.05, 0.1) is 35.1 Å². The molecule has 2 unspecified atom stereocenters. The SMILES string of the molecule is COCCOC1CN(c2nc(C)c(C(=O)O)s2)CCC1CC(=O)c1[nH]c(C)c(Cl)c1Cl. The van der Waals surface area contributed by atoms with Crippen LogP contribution in [0.25, 0.3) is 0 Å². The van der Waals surface area contributed by atoms with Crippen LogP contribution in [0, 0.1) is 19.8 Å². The molecule has 0 radical (unpaired) electrons. The largest absolute Gasteiger partial charge is 0.477 e. The third kappa shape index (κ3) is 5.40. The number of ketones is 1. The maximum Gasteiger partial charge on any atom is 0.347 e. The number of H-pyrrole nitrogens is 1. The lowest BCUT2D eigenvalue weighted by Gasteiger charge is -2.38. The van der Waals surface area contributed by atoms with Gasteiger partial charge in [0.25, 0.3) is 0 Å². The topological polar surface area (TPSA) is 105 Å². The average Bonchev–Trinajstić information content (AvgIpc) is 3.24. The molecule has 2 aromatic rings. The molecule has 11 heteroatoms. The molecule has 3 heterocycles. The van der Waals surface area contributed by atoms with Crippen LogP contribution in [-0.4, -0.2) is 66.3 Å². The van der Waals surface area contributed by atoms with E-state index < -0.39 is 5.97 Å². The molecule has 0 bridgehead atoms. The molecule has 0 spiro atoms. The lowest BCUT2D eigenvalue weighted by atomic mass is 9.88. The predicted molar refractivity (Wildman–Crippen MR) is 120 cm³/mol. The van der Waals surface area contributed by atoms with Crippen molar-refractivity contribution in [3.05, 3.63) is 32.0 Å². The van der Waals surface area contributed by atoms with Crippen LogP contribution in [0.1, 0.15) is 44.4 Å². The van der Waals surface area contributed by atoms with Crippen molar-refractivity contribution in [3.8, 4) is 0 Å². The van der Waals surface area contributed by atoms with E-state index >= 15 is 0 Å². The summed E-state index contributed by atoms with van der Waals surface area (Å²) in [4.78, 5) is 33.9. The van der Waals surface area contributed by atoms with Crippen molar-refractivity contribution in [1.82, 2.24) is 9.97 Å². The van der Waals surface area contributed by atoms with E-state index in [1.54, 1.807) is 21.0 Å². The summed E-state index contributed by atoms with van der Waals surface area (Å²) in [7, 11) is 1.60. The molecule has 0 aromatic carbocycles. The standard InChI is InChI=1S/C20H25Cl2N3O5S/c1-10-15(21)16(22)17(23-10)13(26)8-12-4-5-25(9-14(12)30-7-6-29-3)20-24-11(2)18(31-20)19(27)28/h12,14,23H,4-9H2,1-3H3,(H,27,28). The number of carboxylic acid groups (broad SMARTS) is 1. The maximum absolute atomic E-state index is 12.9. The van der Waals surface area contributed by atoms with Crippen molar-refractivity contribution in [2.45, 2.75) is 32.8 Å². The first-order chi connectivity index (χ1) is 14.7. The second-order valence-corrected chi connectivity index (χ2v) is 9.23. The number of methoxy groups -OCH3 is 1. The summed E-state index contributed by atoms with van der Waals surface area (Å²) < 4.78 is 11.1. The first-order valence-electron chi connectivity index (χ1n) is 9.85. The number of aromatic amines is 1.